The number of aromatic nitrogens is 1. The summed E-state index contributed by atoms with van der Waals surface area (Å²) in [7, 11) is 1.95. The molecule has 2 N–H and O–H groups in total. The standard InChI is InChI=1S/C14H16FN3/c1-10-13(16)7-8-14(17-10)18(2)9-11-3-5-12(15)6-4-11/h3-8H,9,16H2,1-2H3. The molecule has 1 aromatic carbocycles. The molecule has 0 saturated heterocycles. The van der Waals surface area contributed by atoms with Gasteiger partial charge in [0.2, 0.25) is 0 Å². The molecule has 1 heterocycles. The van der Waals surface area contributed by atoms with Gasteiger partial charge in [-0.2, -0.15) is 0 Å². The molecule has 2 aromatic rings. The minimum atomic E-state index is -0.220. The number of pyridine rings is 1. The minimum absolute atomic E-state index is 0.220. The third kappa shape index (κ3) is 2.77. The topological polar surface area (TPSA) is 42.2 Å². The molecule has 0 aliphatic rings. The molecule has 4 heteroatoms. The van der Waals surface area contributed by atoms with Gasteiger partial charge in [-0.1, -0.05) is 12.1 Å². The molecule has 0 fully saturated rings. The normalized spacial score (nSPS) is 10.4. The molecule has 0 bridgehead atoms. The Morgan fingerprint density at radius 1 is 1.17 bits per heavy atom. The fourth-order valence-electron chi connectivity index (χ4n) is 1.72. The van der Waals surface area contributed by atoms with E-state index in [9.17, 15) is 4.39 Å². The van der Waals surface area contributed by atoms with Crippen LogP contribution in [0.4, 0.5) is 15.9 Å². The molecule has 2 rings (SSSR count). The molecule has 0 aliphatic carbocycles. The van der Waals surface area contributed by atoms with E-state index in [1.807, 2.05) is 31.0 Å². The van der Waals surface area contributed by atoms with E-state index in [1.54, 1.807) is 12.1 Å². The van der Waals surface area contributed by atoms with Gasteiger partial charge in [-0.05, 0) is 36.8 Å². The SMILES string of the molecule is Cc1nc(N(C)Cc2ccc(F)cc2)ccc1N. The molecule has 0 amide bonds. The van der Waals surface area contributed by atoms with Crippen LogP contribution in [0.1, 0.15) is 11.3 Å². The quantitative estimate of drug-likeness (QED) is 0.904. The van der Waals surface area contributed by atoms with Crippen molar-refractivity contribution in [1.82, 2.24) is 4.98 Å². The van der Waals surface area contributed by atoms with Crippen LogP contribution >= 0.6 is 0 Å². The highest BCUT2D eigenvalue weighted by atomic mass is 19.1. The van der Waals surface area contributed by atoms with Gasteiger partial charge in [-0.25, -0.2) is 9.37 Å². The molecule has 0 saturated carbocycles. The maximum absolute atomic E-state index is 12.8. The zero-order valence-electron chi connectivity index (χ0n) is 10.5. The smallest absolute Gasteiger partial charge is 0.128 e. The molecular formula is C14H16FN3. The van der Waals surface area contributed by atoms with Crippen molar-refractivity contribution in [2.45, 2.75) is 13.5 Å². The van der Waals surface area contributed by atoms with E-state index in [2.05, 4.69) is 4.98 Å². The van der Waals surface area contributed by atoms with E-state index in [-0.39, 0.29) is 5.82 Å². The number of rotatable bonds is 3. The van der Waals surface area contributed by atoms with Gasteiger partial charge in [-0.15, -0.1) is 0 Å². The van der Waals surface area contributed by atoms with Crippen LogP contribution in [0.2, 0.25) is 0 Å². The minimum Gasteiger partial charge on any atom is -0.397 e. The van der Waals surface area contributed by atoms with Gasteiger partial charge in [0.05, 0.1) is 11.4 Å². The lowest BCUT2D eigenvalue weighted by Crippen LogP contribution is -2.18. The largest absolute Gasteiger partial charge is 0.397 e. The molecule has 0 aliphatic heterocycles. The fraction of sp³-hybridized carbons (Fsp3) is 0.214. The van der Waals surface area contributed by atoms with Crippen molar-refractivity contribution in [2.24, 2.45) is 0 Å². The molecule has 3 nitrogen and oxygen atoms in total. The van der Waals surface area contributed by atoms with Crippen LogP contribution in [0.5, 0.6) is 0 Å². The summed E-state index contributed by atoms with van der Waals surface area (Å²) in [6, 6.07) is 10.2. The molecule has 0 atom stereocenters. The number of nitrogens with two attached hydrogens (primary N) is 1. The van der Waals surface area contributed by atoms with Gasteiger partial charge in [0.1, 0.15) is 11.6 Å². The van der Waals surface area contributed by atoms with Crippen molar-refractivity contribution in [2.75, 3.05) is 17.7 Å². The second-order valence-corrected chi connectivity index (χ2v) is 4.33. The highest BCUT2D eigenvalue weighted by molar-refractivity contribution is 5.50. The fourth-order valence-corrected chi connectivity index (χ4v) is 1.72. The number of hydrogen-bond donors (Lipinski definition) is 1. The van der Waals surface area contributed by atoms with Gasteiger partial charge in [0.25, 0.3) is 0 Å². The van der Waals surface area contributed by atoms with Crippen LogP contribution in [0.25, 0.3) is 0 Å². The van der Waals surface area contributed by atoms with Gasteiger partial charge in [0.15, 0.2) is 0 Å². The number of benzene rings is 1. The molecule has 18 heavy (non-hydrogen) atoms. The summed E-state index contributed by atoms with van der Waals surface area (Å²) in [6.07, 6.45) is 0. The molecule has 0 radical (unpaired) electrons. The summed E-state index contributed by atoms with van der Waals surface area (Å²) in [5.41, 5.74) is 8.28. The lowest BCUT2D eigenvalue weighted by Gasteiger charge is -2.19. The lowest BCUT2D eigenvalue weighted by molar-refractivity contribution is 0.627. The first kappa shape index (κ1) is 12.4. The Bertz CT molecular complexity index is 537. The maximum Gasteiger partial charge on any atom is 0.128 e. The lowest BCUT2D eigenvalue weighted by atomic mass is 10.2. The number of nitrogen functional groups attached to an aromatic ring is 1. The Balaban J connectivity index is 2.13. The van der Waals surface area contributed by atoms with E-state index < -0.39 is 0 Å². The van der Waals surface area contributed by atoms with E-state index in [1.165, 1.54) is 12.1 Å². The highest BCUT2D eigenvalue weighted by Gasteiger charge is 2.05. The molecule has 94 valence electrons. The van der Waals surface area contributed by atoms with E-state index in [4.69, 9.17) is 5.73 Å². The van der Waals surface area contributed by atoms with E-state index in [0.717, 1.165) is 17.1 Å². The summed E-state index contributed by atoms with van der Waals surface area (Å²) < 4.78 is 12.8. The van der Waals surface area contributed by atoms with Crippen LogP contribution in [-0.2, 0) is 6.54 Å². The van der Waals surface area contributed by atoms with Gasteiger partial charge in [0, 0.05) is 13.6 Å². The van der Waals surface area contributed by atoms with Gasteiger partial charge < -0.3 is 10.6 Å². The van der Waals surface area contributed by atoms with Crippen molar-refractivity contribution < 1.29 is 4.39 Å². The van der Waals surface area contributed by atoms with Gasteiger partial charge in [-0.3, -0.25) is 0 Å². The predicted octanol–water partition coefficient (Wildman–Crippen LogP) is 2.75. The summed E-state index contributed by atoms with van der Waals surface area (Å²) in [5, 5.41) is 0. The zero-order chi connectivity index (χ0) is 13.1. The van der Waals surface area contributed by atoms with Crippen molar-refractivity contribution >= 4 is 11.5 Å². The summed E-state index contributed by atoms with van der Waals surface area (Å²) in [4.78, 5) is 6.41. The van der Waals surface area contributed by atoms with Crippen LogP contribution < -0.4 is 10.6 Å². The van der Waals surface area contributed by atoms with Crippen molar-refractivity contribution in [3.63, 3.8) is 0 Å². The molecule has 0 unspecified atom stereocenters. The zero-order valence-corrected chi connectivity index (χ0v) is 10.5. The van der Waals surface area contributed by atoms with Crippen LogP contribution in [-0.4, -0.2) is 12.0 Å². The van der Waals surface area contributed by atoms with Gasteiger partial charge >= 0.3 is 0 Å². The third-order valence-electron chi connectivity index (χ3n) is 2.84. The van der Waals surface area contributed by atoms with Crippen LogP contribution in [0.3, 0.4) is 0 Å². The van der Waals surface area contributed by atoms with Crippen molar-refractivity contribution in [1.29, 1.82) is 0 Å². The van der Waals surface area contributed by atoms with Crippen LogP contribution in [0.15, 0.2) is 36.4 Å². The monoisotopic (exact) mass is 245 g/mol. The molecular weight excluding hydrogens is 229 g/mol. The number of aryl methyl sites for hydroxylation is 1. The Kier molecular flexibility index (Phi) is 3.46. The van der Waals surface area contributed by atoms with Crippen LogP contribution in [0, 0.1) is 12.7 Å². The average Bonchev–Trinajstić information content (AvgIpc) is 2.35. The first-order chi connectivity index (χ1) is 8.56. The van der Waals surface area contributed by atoms with Crippen molar-refractivity contribution in [3.05, 3.63) is 53.5 Å². The predicted molar refractivity (Wildman–Crippen MR) is 71.9 cm³/mol. The molecule has 0 spiro atoms. The maximum atomic E-state index is 12.8. The van der Waals surface area contributed by atoms with E-state index in [0.29, 0.717) is 12.2 Å². The first-order valence-corrected chi connectivity index (χ1v) is 5.75. The Morgan fingerprint density at radius 2 is 1.83 bits per heavy atom. The average molecular weight is 245 g/mol. The summed E-state index contributed by atoms with van der Waals surface area (Å²) in [5.74, 6) is 0.633. The highest BCUT2D eigenvalue weighted by Crippen LogP contribution is 2.17. The second-order valence-electron chi connectivity index (χ2n) is 4.33. The summed E-state index contributed by atoms with van der Waals surface area (Å²) >= 11 is 0. The first-order valence-electron chi connectivity index (χ1n) is 5.75. The van der Waals surface area contributed by atoms with Crippen molar-refractivity contribution in [3.8, 4) is 0 Å². The van der Waals surface area contributed by atoms with E-state index >= 15 is 0 Å². The number of hydrogen-bond acceptors (Lipinski definition) is 3. The number of nitrogens with zero attached hydrogens (tertiary/aromatic N) is 2. The summed E-state index contributed by atoms with van der Waals surface area (Å²) in [6.45, 7) is 2.56. The Labute approximate surface area is 106 Å². The molecule has 1 aromatic heterocycles. The third-order valence-corrected chi connectivity index (χ3v) is 2.84. The number of anilines is 2. The number of halogens is 1. The second kappa shape index (κ2) is 5.04. The Morgan fingerprint density at radius 3 is 2.44 bits per heavy atom. The Hall–Kier alpha value is -2.10.